The van der Waals surface area contributed by atoms with Gasteiger partial charge in [-0.25, -0.2) is 0 Å². The van der Waals surface area contributed by atoms with E-state index in [2.05, 4.69) is 14.8 Å². The molecule has 0 saturated carbocycles. The largest absolute Gasteiger partial charge is 0.306 e. The van der Waals surface area contributed by atoms with E-state index in [1.807, 2.05) is 0 Å². The standard InChI is InChI=1S/C20H23ClN4O2S/c21-15-10-8-14(9-11-15)18(26)25-13-5-3-6-16(19(25)27)28-20-23-22-17-7-2-1-4-12-24(17)20/h8-11,16H,1-7,12-13H2/t16-/m0/s1. The van der Waals surface area contributed by atoms with E-state index in [4.69, 9.17) is 11.6 Å². The third-order valence-corrected chi connectivity index (χ3v) is 6.79. The summed E-state index contributed by atoms with van der Waals surface area (Å²) in [4.78, 5) is 27.5. The second-order valence-corrected chi connectivity index (χ2v) is 8.87. The predicted octanol–water partition coefficient (Wildman–Crippen LogP) is 3.97. The molecule has 6 nitrogen and oxygen atoms in total. The number of hydrogen-bond acceptors (Lipinski definition) is 5. The Labute approximate surface area is 173 Å². The Hall–Kier alpha value is -1.86. The predicted molar refractivity (Wildman–Crippen MR) is 109 cm³/mol. The Morgan fingerprint density at radius 2 is 1.82 bits per heavy atom. The van der Waals surface area contributed by atoms with Gasteiger partial charge in [-0.1, -0.05) is 36.2 Å². The number of benzene rings is 1. The van der Waals surface area contributed by atoms with E-state index in [0.29, 0.717) is 17.1 Å². The van der Waals surface area contributed by atoms with Crippen LogP contribution in [-0.4, -0.2) is 43.3 Å². The van der Waals surface area contributed by atoms with Crippen LogP contribution in [-0.2, 0) is 17.8 Å². The highest BCUT2D eigenvalue weighted by atomic mass is 35.5. The van der Waals surface area contributed by atoms with Gasteiger partial charge in [0.25, 0.3) is 5.91 Å². The monoisotopic (exact) mass is 418 g/mol. The number of fused-ring (bicyclic) bond motifs is 1. The van der Waals surface area contributed by atoms with E-state index >= 15 is 0 Å². The van der Waals surface area contributed by atoms with Gasteiger partial charge in [0.05, 0.1) is 5.25 Å². The molecule has 8 heteroatoms. The molecule has 1 saturated heterocycles. The van der Waals surface area contributed by atoms with Crippen molar-refractivity contribution in [1.82, 2.24) is 19.7 Å². The fourth-order valence-corrected chi connectivity index (χ4v) is 5.04. The lowest BCUT2D eigenvalue weighted by Crippen LogP contribution is -2.41. The van der Waals surface area contributed by atoms with Crippen LogP contribution in [0.3, 0.4) is 0 Å². The molecule has 1 fully saturated rings. The number of amides is 2. The van der Waals surface area contributed by atoms with Crippen molar-refractivity contribution >= 4 is 35.2 Å². The van der Waals surface area contributed by atoms with Crippen LogP contribution >= 0.6 is 23.4 Å². The van der Waals surface area contributed by atoms with Crippen molar-refractivity contribution in [2.75, 3.05) is 6.54 Å². The molecule has 0 unspecified atom stereocenters. The summed E-state index contributed by atoms with van der Waals surface area (Å²) < 4.78 is 2.15. The number of rotatable bonds is 3. The highest BCUT2D eigenvalue weighted by Crippen LogP contribution is 2.31. The zero-order valence-electron chi connectivity index (χ0n) is 15.6. The number of thioether (sulfide) groups is 1. The van der Waals surface area contributed by atoms with Gasteiger partial charge in [-0.05, 0) is 49.9 Å². The van der Waals surface area contributed by atoms with E-state index in [1.165, 1.54) is 23.1 Å². The van der Waals surface area contributed by atoms with Gasteiger partial charge in [-0.15, -0.1) is 10.2 Å². The Morgan fingerprint density at radius 1 is 1.04 bits per heavy atom. The van der Waals surface area contributed by atoms with Crippen LogP contribution in [0.15, 0.2) is 29.4 Å². The fraction of sp³-hybridized carbons (Fsp3) is 0.500. The molecular weight excluding hydrogens is 396 g/mol. The van der Waals surface area contributed by atoms with E-state index in [0.717, 1.165) is 56.1 Å². The number of likely N-dealkylation sites (tertiary alicyclic amines) is 1. The van der Waals surface area contributed by atoms with Gasteiger partial charge in [0, 0.05) is 30.1 Å². The highest BCUT2D eigenvalue weighted by Gasteiger charge is 2.33. The molecule has 1 aromatic carbocycles. The number of carbonyl (C=O) groups excluding carboxylic acids is 2. The molecule has 3 heterocycles. The summed E-state index contributed by atoms with van der Waals surface area (Å²) in [5.41, 5.74) is 0.486. The smallest absolute Gasteiger partial charge is 0.260 e. The zero-order chi connectivity index (χ0) is 19.5. The minimum Gasteiger partial charge on any atom is -0.306 e. The van der Waals surface area contributed by atoms with E-state index in [9.17, 15) is 9.59 Å². The minimum atomic E-state index is -0.310. The molecule has 4 rings (SSSR count). The van der Waals surface area contributed by atoms with Crippen LogP contribution in [0.25, 0.3) is 0 Å². The van der Waals surface area contributed by atoms with Gasteiger partial charge < -0.3 is 4.57 Å². The van der Waals surface area contributed by atoms with Crippen LogP contribution in [0.1, 0.15) is 54.7 Å². The maximum absolute atomic E-state index is 13.2. The average molecular weight is 419 g/mol. The second-order valence-electron chi connectivity index (χ2n) is 7.27. The normalized spacial score (nSPS) is 20.4. The first kappa shape index (κ1) is 19.5. The van der Waals surface area contributed by atoms with E-state index < -0.39 is 0 Å². The number of imide groups is 1. The maximum Gasteiger partial charge on any atom is 0.260 e. The van der Waals surface area contributed by atoms with Crippen molar-refractivity contribution in [3.63, 3.8) is 0 Å². The molecule has 2 aliphatic rings. The molecular formula is C20H23ClN4O2S. The van der Waals surface area contributed by atoms with Crippen LogP contribution in [0.2, 0.25) is 5.02 Å². The van der Waals surface area contributed by atoms with Gasteiger partial charge in [-0.3, -0.25) is 14.5 Å². The second kappa shape index (κ2) is 8.66. The zero-order valence-corrected chi connectivity index (χ0v) is 17.2. The van der Waals surface area contributed by atoms with Gasteiger partial charge in [0.1, 0.15) is 5.82 Å². The molecule has 148 valence electrons. The van der Waals surface area contributed by atoms with E-state index in [1.54, 1.807) is 24.3 Å². The molecule has 0 bridgehead atoms. The molecule has 2 amide bonds. The first-order chi connectivity index (χ1) is 13.6. The Balaban J connectivity index is 1.53. The summed E-state index contributed by atoms with van der Waals surface area (Å²) in [6, 6.07) is 6.69. The number of hydrogen-bond donors (Lipinski definition) is 0. The quantitative estimate of drug-likeness (QED) is 0.705. The lowest BCUT2D eigenvalue weighted by atomic mass is 10.2. The summed E-state index contributed by atoms with van der Waals surface area (Å²) in [5.74, 6) is 0.623. The summed E-state index contributed by atoms with van der Waals surface area (Å²) in [5, 5.41) is 9.73. The fourth-order valence-electron chi connectivity index (χ4n) is 3.74. The molecule has 0 spiro atoms. The summed E-state index contributed by atoms with van der Waals surface area (Å²) in [6.45, 7) is 1.36. The minimum absolute atomic E-state index is 0.131. The maximum atomic E-state index is 13.2. The number of aromatic nitrogens is 3. The first-order valence-corrected chi connectivity index (χ1v) is 11.1. The molecule has 2 aromatic rings. The van der Waals surface area contributed by atoms with Crippen molar-refractivity contribution in [1.29, 1.82) is 0 Å². The highest BCUT2D eigenvalue weighted by molar-refractivity contribution is 8.00. The Morgan fingerprint density at radius 3 is 2.64 bits per heavy atom. The van der Waals surface area contributed by atoms with Crippen molar-refractivity contribution < 1.29 is 9.59 Å². The van der Waals surface area contributed by atoms with Crippen molar-refractivity contribution in [2.45, 2.75) is 61.9 Å². The van der Waals surface area contributed by atoms with Gasteiger partial charge in [0.2, 0.25) is 5.91 Å². The number of halogens is 1. The van der Waals surface area contributed by atoms with Crippen molar-refractivity contribution in [2.24, 2.45) is 0 Å². The average Bonchev–Trinajstić information content (AvgIpc) is 2.86. The molecule has 0 aliphatic carbocycles. The van der Waals surface area contributed by atoms with Gasteiger partial charge in [0.15, 0.2) is 5.16 Å². The third-order valence-electron chi connectivity index (χ3n) is 5.30. The van der Waals surface area contributed by atoms with Gasteiger partial charge in [-0.2, -0.15) is 0 Å². The van der Waals surface area contributed by atoms with Crippen LogP contribution < -0.4 is 0 Å². The Kier molecular flexibility index (Phi) is 6.01. The molecule has 2 aliphatic heterocycles. The number of aryl methyl sites for hydroxylation is 1. The molecule has 1 aromatic heterocycles. The summed E-state index contributed by atoms with van der Waals surface area (Å²) in [7, 11) is 0. The number of carbonyl (C=O) groups is 2. The summed E-state index contributed by atoms with van der Waals surface area (Å²) >= 11 is 7.38. The third kappa shape index (κ3) is 4.10. The van der Waals surface area contributed by atoms with Crippen molar-refractivity contribution in [3.05, 3.63) is 40.7 Å². The summed E-state index contributed by atoms with van der Waals surface area (Å²) in [6.07, 6.45) is 6.85. The van der Waals surface area contributed by atoms with Crippen LogP contribution in [0, 0.1) is 0 Å². The SMILES string of the molecule is O=C(c1ccc(Cl)cc1)N1CCCC[C@H](Sc2nnc3n2CCCCC3)C1=O. The molecule has 1 atom stereocenters. The topological polar surface area (TPSA) is 68.1 Å². The lowest BCUT2D eigenvalue weighted by molar-refractivity contribution is -0.127. The van der Waals surface area contributed by atoms with E-state index in [-0.39, 0.29) is 17.1 Å². The lowest BCUT2D eigenvalue weighted by Gasteiger charge is -2.22. The van der Waals surface area contributed by atoms with Crippen molar-refractivity contribution in [3.8, 4) is 0 Å². The van der Waals surface area contributed by atoms with Gasteiger partial charge >= 0.3 is 0 Å². The molecule has 0 radical (unpaired) electrons. The number of nitrogens with zero attached hydrogens (tertiary/aromatic N) is 4. The Bertz CT molecular complexity index is 868. The van der Waals surface area contributed by atoms with Crippen LogP contribution in [0.4, 0.5) is 0 Å². The first-order valence-electron chi connectivity index (χ1n) is 9.83. The van der Waals surface area contributed by atoms with Crippen LogP contribution in [0.5, 0.6) is 0 Å². The molecule has 28 heavy (non-hydrogen) atoms. The molecule has 0 N–H and O–H groups in total.